The predicted octanol–water partition coefficient (Wildman–Crippen LogP) is 0.939. The number of carboxylic acid groups (broad SMARTS) is 1. The van der Waals surface area contributed by atoms with Crippen LogP contribution in [-0.4, -0.2) is 32.6 Å². The molecule has 0 spiro atoms. The third-order valence-corrected chi connectivity index (χ3v) is 4.32. The van der Waals surface area contributed by atoms with Crippen molar-refractivity contribution in [3.05, 3.63) is 44.5 Å². The molecule has 0 aliphatic carbocycles. The molecular weight excluding hydrogens is 326 g/mol. The Bertz CT molecular complexity index is 928. The summed E-state index contributed by atoms with van der Waals surface area (Å²) in [6.45, 7) is 5.65. The van der Waals surface area contributed by atoms with E-state index in [1.807, 2.05) is 6.92 Å². The van der Waals surface area contributed by atoms with E-state index in [2.05, 4.69) is 10.3 Å². The van der Waals surface area contributed by atoms with Crippen LogP contribution in [-0.2, 0) is 11.3 Å². The van der Waals surface area contributed by atoms with Gasteiger partial charge in [-0.05, 0) is 31.0 Å². The number of nitrogens with zero attached hydrogens (tertiary/aromatic N) is 1. The maximum absolute atomic E-state index is 12.4. The molecule has 8 heteroatoms. The molecule has 134 valence electrons. The summed E-state index contributed by atoms with van der Waals surface area (Å²) in [5.41, 5.74) is -0.376. The average molecular weight is 347 g/mol. The van der Waals surface area contributed by atoms with Crippen LogP contribution < -0.4 is 16.4 Å². The number of aliphatic carboxylic acids is 1. The minimum absolute atomic E-state index is 0.207. The van der Waals surface area contributed by atoms with Crippen LogP contribution in [0, 0.1) is 5.92 Å². The molecule has 0 bridgehead atoms. The zero-order valence-electron chi connectivity index (χ0n) is 14.3. The van der Waals surface area contributed by atoms with Crippen molar-refractivity contribution >= 4 is 22.9 Å². The third kappa shape index (κ3) is 3.62. The van der Waals surface area contributed by atoms with E-state index in [0.717, 1.165) is 0 Å². The van der Waals surface area contributed by atoms with Crippen molar-refractivity contribution in [2.45, 2.75) is 39.8 Å². The molecule has 0 aliphatic rings. The highest BCUT2D eigenvalue weighted by Gasteiger charge is 2.25. The molecule has 3 N–H and O–H groups in total. The molecule has 1 heterocycles. The number of aromatic nitrogens is 2. The van der Waals surface area contributed by atoms with Gasteiger partial charge in [-0.15, -0.1) is 0 Å². The smallest absolute Gasteiger partial charge is 0.326 e. The van der Waals surface area contributed by atoms with Crippen LogP contribution in [0.1, 0.15) is 37.6 Å². The molecule has 2 aromatic rings. The number of amides is 1. The van der Waals surface area contributed by atoms with Crippen molar-refractivity contribution in [1.82, 2.24) is 14.9 Å². The minimum Gasteiger partial charge on any atom is -0.480 e. The van der Waals surface area contributed by atoms with Gasteiger partial charge in [-0.1, -0.05) is 20.3 Å². The summed E-state index contributed by atoms with van der Waals surface area (Å²) in [7, 11) is 0. The summed E-state index contributed by atoms with van der Waals surface area (Å²) < 4.78 is 1.31. The SMILES string of the molecule is CC[C@H](C)[C@H](NC(=O)c1ccc2c(c1)[nH]c(=O)c(=O)n2CC)C(=O)O. The van der Waals surface area contributed by atoms with E-state index in [1.54, 1.807) is 19.9 Å². The molecule has 0 fully saturated rings. The number of rotatable bonds is 6. The Kier molecular flexibility index (Phi) is 5.41. The second-order valence-electron chi connectivity index (χ2n) is 5.91. The van der Waals surface area contributed by atoms with Gasteiger partial charge in [0.2, 0.25) is 0 Å². The van der Waals surface area contributed by atoms with E-state index in [4.69, 9.17) is 0 Å². The molecular formula is C17H21N3O5. The van der Waals surface area contributed by atoms with Gasteiger partial charge in [0.1, 0.15) is 6.04 Å². The molecule has 1 aromatic carbocycles. The van der Waals surface area contributed by atoms with E-state index >= 15 is 0 Å². The van der Waals surface area contributed by atoms with Crippen molar-refractivity contribution in [3.8, 4) is 0 Å². The fourth-order valence-corrected chi connectivity index (χ4v) is 2.64. The number of carboxylic acids is 1. The first-order valence-electron chi connectivity index (χ1n) is 8.10. The highest BCUT2D eigenvalue weighted by atomic mass is 16.4. The number of nitrogens with one attached hydrogen (secondary N) is 2. The minimum atomic E-state index is -1.10. The number of carbonyl (C=O) groups is 2. The third-order valence-electron chi connectivity index (χ3n) is 4.32. The van der Waals surface area contributed by atoms with Crippen molar-refractivity contribution in [1.29, 1.82) is 0 Å². The fraction of sp³-hybridized carbons (Fsp3) is 0.412. The Balaban J connectivity index is 2.43. The molecule has 0 saturated carbocycles. The average Bonchev–Trinajstić information content (AvgIpc) is 2.59. The van der Waals surface area contributed by atoms with Crippen molar-refractivity contribution in [3.63, 3.8) is 0 Å². The zero-order valence-corrected chi connectivity index (χ0v) is 14.3. The molecule has 0 saturated heterocycles. The second-order valence-corrected chi connectivity index (χ2v) is 5.91. The quantitative estimate of drug-likeness (QED) is 0.672. The number of carbonyl (C=O) groups excluding carboxylic acids is 1. The fourth-order valence-electron chi connectivity index (χ4n) is 2.64. The lowest BCUT2D eigenvalue weighted by Gasteiger charge is -2.20. The van der Waals surface area contributed by atoms with Crippen LogP contribution in [0.3, 0.4) is 0 Å². The molecule has 0 unspecified atom stereocenters. The maximum Gasteiger partial charge on any atom is 0.326 e. The number of fused-ring (bicyclic) bond motifs is 1. The predicted molar refractivity (Wildman–Crippen MR) is 92.8 cm³/mol. The normalized spacial score (nSPS) is 13.4. The van der Waals surface area contributed by atoms with Crippen LogP contribution in [0.5, 0.6) is 0 Å². The Morgan fingerprint density at radius 2 is 1.96 bits per heavy atom. The molecule has 25 heavy (non-hydrogen) atoms. The first-order valence-corrected chi connectivity index (χ1v) is 8.10. The van der Waals surface area contributed by atoms with Gasteiger partial charge in [-0.2, -0.15) is 0 Å². The van der Waals surface area contributed by atoms with Gasteiger partial charge in [0.25, 0.3) is 5.91 Å². The summed E-state index contributed by atoms with van der Waals surface area (Å²) in [5, 5.41) is 11.8. The van der Waals surface area contributed by atoms with Gasteiger partial charge in [0.05, 0.1) is 11.0 Å². The molecule has 0 radical (unpaired) electrons. The van der Waals surface area contributed by atoms with E-state index in [1.165, 1.54) is 16.7 Å². The van der Waals surface area contributed by atoms with Gasteiger partial charge < -0.3 is 20.0 Å². The summed E-state index contributed by atoms with van der Waals surface area (Å²) in [6, 6.07) is 3.49. The zero-order chi connectivity index (χ0) is 18.7. The first kappa shape index (κ1) is 18.4. The molecule has 1 amide bonds. The van der Waals surface area contributed by atoms with Crippen LogP contribution in [0.4, 0.5) is 0 Å². The summed E-state index contributed by atoms with van der Waals surface area (Å²) in [6.07, 6.45) is 0.602. The number of hydrogen-bond acceptors (Lipinski definition) is 4. The molecule has 1 aromatic heterocycles. The van der Waals surface area contributed by atoms with E-state index in [0.29, 0.717) is 24.0 Å². The monoisotopic (exact) mass is 347 g/mol. The van der Waals surface area contributed by atoms with Gasteiger partial charge in [0.15, 0.2) is 0 Å². The van der Waals surface area contributed by atoms with Crippen molar-refractivity contribution in [2.75, 3.05) is 0 Å². The van der Waals surface area contributed by atoms with E-state index < -0.39 is 29.0 Å². The number of H-pyrrole nitrogens is 1. The number of aryl methyl sites for hydroxylation is 1. The lowest BCUT2D eigenvalue weighted by Crippen LogP contribution is -2.45. The van der Waals surface area contributed by atoms with Gasteiger partial charge >= 0.3 is 17.1 Å². The first-order chi connectivity index (χ1) is 11.8. The Hall–Kier alpha value is -2.90. The van der Waals surface area contributed by atoms with Gasteiger partial charge in [0, 0.05) is 12.1 Å². The lowest BCUT2D eigenvalue weighted by atomic mass is 9.99. The maximum atomic E-state index is 12.4. The Morgan fingerprint density at radius 1 is 1.28 bits per heavy atom. The highest BCUT2D eigenvalue weighted by molar-refractivity contribution is 5.99. The Morgan fingerprint density at radius 3 is 2.52 bits per heavy atom. The number of hydrogen-bond donors (Lipinski definition) is 3. The van der Waals surface area contributed by atoms with Crippen LogP contribution in [0.25, 0.3) is 11.0 Å². The summed E-state index contributed by atoms with van der Waals surface area (Å²) in [4.78, 5) is 49.7. The molecule has 2 rings (SSSR count). The van der Waals surface area contributed by atoms with Crippen molar-refractivity contribution in [2.24, 2.45) is 5.92 Å². The van der Waals surface area contributed by atoms with Crippen molar-refractivity contribution < 1.29 is 14.7 Å². The van der Waals surface area contributed by atoms with E-state index in [9.17, 15) is 24.3 Å². The second kappa shape index (κ2) is 7.33. The Labute approximate surface area is 143 Å². The van der Waals surface area contributed by atoms with Gasteiger partial charge in [-0.25, -0.2) is 4.79 Å². The molecule has 2 atom stereocenters. The lowest BCUT2D eigenvalue weighted by molar-refractivity contribution is -0.140. The number of aromatic amines is 1. The number of benzene rings is 1. The van der Waals surface area contributed by atoms with E-state index in [-0.39, 0.29) is 11.5 Å². The largest absolute Gasteiger partial charge is 0.480 e. The van der Waals surface area contributed by atoms with Crippen LogP contribution >= 0.6 is 0 Å². The van der Waals surface area contributed by atoms with Gasteiger partial charge in [-0.3, -0.25) is 14.4 Å². The highest BCUT2D eigenvalue weighted by Crippen LogP contribution is 2.13. The topological polar surface area (TPSA) is 121 Å². The standard InChI is InChI=1S/C17H21N3O5/c1-4-9(3)13(17(24)25)19-14(21)10-6-7-12-11(8-10)18-15(22)16(23)20(12)5-2/h6-9,13H,4-5H2,1-3H3,(H,18,22)(H,19,21)(H,24,25)/t9-,13-/m0/s1. The van der Waals surface area contributed by atoms with Crippen LogP contribution in [0.15, 0.2) is 27.8 Å². The molecule has 8 nitrogen and oxygen atoms in total. The summed E-state index contributed by atoms with van der Waals surface area (Å²) in [5.74, 6) is -1.88. The van der Waals surface area contributed by atoms with Crippen LogP contribution in [0.2, 0.25) is 0 Å². The summed E-state index contributed by atoms with van der Waals surface area (Å²) >= 11 is 0. The molecule has 0 aliphatic heterocycles.